The lowest BCUT2D eigenvalue weighted by Crippen LogP contribution is -2.61. The van der Waals surface area contributed by atoms with Gasteiger partial charge in [-0.25, -0.2) is 23.7 Å². The molecule has 8 aromatic rings. The number of ether oxygens (including phenoxy) is 4. The van der Waals surface area contributed by atoms with Crippen LogP contribution in [0.25, 0.3) is 21.5 Å². The predicted molar refractivity (Wildman–Crippen MR) is 458 cm³/mol. The van der Waals surface area contributed by atoms with Crippen molar-refractivity contribution in [2.75, 3.05) is 27.2 Å². The molecular formula is C91H114N16O17. The summed E-state index contributed by atoms with van der Waals surface area (Å²) in [5.74, 6) is -6.92. The van der Waals surface area contributed by atoms with Crippen LogP contribution < -0.4 is 41.4 Å². The first-order chi connectivity index (χ1) is 58.3. The number of ketones is 1. The van der Waals surface area contributed by atoms with Crippen molar-refractivity contribution in [1.82, 2.24) is 81.5 Å². The summed E-state index contributed by atoms with van der Waals surface area (Å²) in [5.41, 5.74) is -0.844. The fourth-order valence-corrected chi connectivity index (χ4v) is 15.0. The fourth-order valence-electron chi connectivity index (χ4n) is 15.0. The number of nitrogens with zero attached hydrogens (tertiary/aromatic N) is 10. The van der Waals surface area contributed by atoms with Gasteiger partial charge in [0.25, 0.3) is 0 Å². The van der Waals surface area contributed by atoms with Crippen LogP contribution in [0.1, 0.15) is 162 Å². The third-order valence-corrected chi connectivity index (χ3v) is 22.4. The summed E-state index contributed by atoms with van der Waals surface area (Å²) in [4.78, 5) is 180. The van der Waals surface area contributed by atoms with Crippen molar-refractivity contribution in [3.63, 3.8) is 0 Å². The fraction of sp³-hybridized carbons (Fsp3) is 0.473. The molecule has 2 saturated heterocycles. The molecular weight excluding hydrogens is 1590 g/mol. The number of nitrogens with one attached hydrogen (secondary N) is 6. The van der Waals surface area contributed by atoms with Crippen LogP contribution in [0.15, 0.2) is 146 Å². The second-order valence-corrected chi connectivity index (χ2v) is 36.6. The molecule has 33 heteroatoms. The normalized spacial score (nSPS) is 20.7. The highest BCUT2D eigenvalue weighted by Crippen LogP contribution is 2.35. The van der Waals surface area contributed by atoms with Gasteiger partial charge in [0.2, 0.25) is 47.3 Å². The number of carbonyl (C=O) groups is 12. The Labute approximate surface area is 720 Å². The quantitative estimate of drug-likeness (QED) is 0.0540. The van der Waals surface area contributed by atoms with E-state index in [0.29, 0.717) is 45.1 Å². The van der Waals surface area contributed by atoms with Crippen molar-refractivity contribution in [3.8, 4) is 11.5 Å². The second kappa shape index (κ2) is 38.3. The second-order valence-electron chi connectivity index (χ2n) is 36.6. The van der Waals surface area contributed by atoms with Crippen molar-refractivity contribution in [2.24, 2.45) is 10.8 Å². The molecule has 12 bridgehead atoms. The van der Waals surface area contributed by atoms with E-state index < -0.39 is 166 Å². The third kappa shape index (κ3) is 23.5. The number of fused-ring (bicyclic) bond motifs is 2. The van der Waals surface area contributed by atoms with Gasteiger partial charge in [0.1, 0.15) is 102 Å². The predicted octanol–water partition coefficient (Wildman–Crippen LogP) is 8.09. The molecule has 33 nitrogen and oxygen atoms in total. The minimum Gasteiger partial charge on any atom is -0.487 e. The van der Waals surface area contributed by atoms with E-state index in [2.05, 4.69) is 52.5 Å². The SMILES string of the molecule is CC(=O)[C@@H]1Cc2ccc(cc2)OCc2cn(nn2)[C@H]2C[C@@H](C(=O)N[C@@H](Cc3ccc4ccccc4c3)C(=O)N[C@H](C(=O)O)Cc3ccc(cc3)OCc3cn(nn3)[C@H]3C[C@@H](C(=O)N[C@@H](Cc4ccc5ccccc5c4)C(=O)N1)N(C(=O)[C@@H](NC(=O)[C@H](C)N(C)C(=O)OC(C)(C)C)C(C)(C)C)C3)N(C(=O)[C@@H](NC(=O)[C@H](C)N(C)C(=O)OC(C)(C)C)C(C)(C)C)C2. The van der Waals surface area contributed by atoms with Crippen LogP contribution in [-0.4, -0.2) is 225 Å². The topological polar surface area (TPSA) is 409 Å². The van der Waals surface area contributed by atoms with E-state index in [-0.39, 0.29) is 64.8 Å². The van der Waals surface area contributed by atoms with Gasteiger partial charge in [0, 0.05) is 59.3 Å². The van der Waals surface area contributed by atoms with E-state index in [0.717, 1.165) is 31.3 Å². The summed E-state index contributed by atoms with van der Waals surface area (Å²) >= 11 is 0. The maximum atomic E-state index is 15.6. The number of likely N-dealkylation sites (N-methyl/N-ethyl adjacent to an activating group) is 2. The summed E-state index contributed by atoms with van der Waals surface area (Å²) in [6, 6.07) is 24.9. The lowest BCUT2D eigenvalue weighted by molar-refractivity contribution is -0.145. The lowest BCUT2D eigenvalue weighted by Gasteiger charge is -2.37. The van der Waals surface area contributed by atoms with Crippen molar-refractivity contribution < 1.29 is 81.6 Å². The van der Waals surface area contributed by atoms with E-state index in [9.17, 15) is 33.9 Å². The number of hydrogen-bond donors (Lipinski definition) is 7. The molecule has 2 fully saturated rings. The lowest BCUT2D eigenvalue weighted by atomic mass is 9.85. The number of Topliss-reactive ketones (excluding diaryl/α,β-unsaturated/α-hetero) is 1. The van der Waals surface area contributed by atoms with Gasteiger partial charge < -0.3 is 65.8 Å². The maximum absolute atomic E-state index is 15.6. The van der Waals surface area contributed by atoms with Gasteiger partial charge in [-0.3, -0.25) is 53.0 Å². The molecule has 6 aliphatic heterocycles. The standard InChI is InChI=1S/C91H114N16O17/c1-52(102(16)86(119)123-90(10,11)12)77(109)96-75(88(4,5)6)83(115)104-48-65-44-73(104)81(113)93-70(42-57-26-32-59-22-18-20-24-61(59)38-57)79(111)92-69(54(3)108)40-55-28-34-67(35-29-55)121-50-63-46-107(100-98-63)66-45-74(105(49-66)84(116)76(89(7,8)9)97-78(110)53(2)103(17)87(120)124-91(13,14)15)82(114)94-71(43-58-27-33-60-23-19-21-25-62(60)39-58)80(112)95-72(85(117)118)41-56-30-36-68(37-31-56)122-51-64-47-106(65)101-99-64/h18-39,46-47,52-53,65-66,69-76H,40-45,48-51H2,1-17H3,(H,92,111)(H,93,113)(H,94,114)(H,95,112)(H,96,109)(H,97,110)(H,117,118)/t52-,53-,65-,66-,69-,70-,71-,72-,73-,74-,75+,76+/m0/s1. The number of likely N-dealkylation sites (tertiary alicyclic amines) is 2. The molecule has 7 N–H and O–H groups in total. The van der Waals surface area contributed by atoms with Crippen LogP contribution in [-0.2, 0) is 96.3 Å². The van der Waals surface area contributed by atoms with E-state index in [4.69, 9.17) is 18.9 Å². The first kappa shape index (κ1) is 91.9. The Kier molecular flexibility index (Phi) is 28.4. The molecule has 0 radical (unpaired) electrons. The zero-order valence-electron chi connectivity index (χ0n) is 73.3. The molecule has 0 spiro atoms. The number of hydrogen-bond acceptors (Lipinski definition) is 20. The van der Waals surface area contributed by atoms with Gasteiger partial charge >= 0.3 is 18.2 Å². The van der Waals surface area contributed by atoms with Gasteiger partial charge in [-0.1, -0.05) is 161 Å². The van der Waals surface area contributed by atoms with Gasteiger partial charge in [0.15, 0.2) is 5.78 Å². The largest absolute Gasteiger partial charge is 0.487 e. The van der Waals surface area contributed by atoms with Gasteiger partial charge in [-0.2, -0.15) is 0 Å². The highest BCUT2D eigenvalue weighted by molar-refractivity contribution is 5.99. The molecule has 6 aliphatic rings. The summed E-state index contributed by atoms with van der Waals surface area (Å²) in [7, 11) is 2.80. The minimum absolute atomic E-state index is 0.000928. The number of amides is 10. The van der Waals surface area contributed by atoms with Gasteiger partial charge in [-0.15, -0.1) is 10.2 Å². The number of carbonyl (C=O) groups excluding carboxylic acids is 11. The molecule has 0 unspecified atom stereocenters. The van der Waals surface area contributed by atoms with Gasteiger partial charge in [-0.05, 0) is 148 Å². The number of carboxylic acid groups (broad SMARTS) is 1. The molecule has 2 aromatic heterocycles. The summed E-state index contributed by atoms with van der Waals surface area (Å²) in [6.07, 6.45) is 1.01. The zero-order valence-corrected chi connectivity index (χ0v) is 73.3. The molecule has 0 aliphatic carbocycles. The molecule has 12 atom stereocenters. The monoisotopic (exact) mass is 1700 g/mol. The van der Waals surface area contributed by atoms with E-state index in [1.165, 1.54) is 54.0 Å². The van der Waals surface area contributed by atoms with Crippen LogP contribution in [0.4, 0.5) is 9.59 Å². The van der Waals surface area contributed by atoms with Crippen LogP contribution >= 0.6 is 0 Å². The number of aliphatic carboxylic acids is 1. The minimum atomic E-state index is -1.56. The average Bonchev–Trinajstić information content (AvgIpc) is 1.75. The maximum Gasteiger partial charge on any atom is 0.410 e. The Hall–Kier alpha value is -12.8. The Bertz CT molecular complexity index is 4950. The molecule has 124 heavy (non-hydrogen) atoms. The number of rotatable bonds is 14. The number of benzene rings is 6. The van der Waals surface area contributed by atoms with Crippen LogP contribution in [0, 0.1) is 10.8 Å². The summed E-state index contributed by atoms with van der Waals surface area (Å²) in [6.45, 7) is 24.3. The van der Waals surface area contributed by atoms with Crippen molar-refractivity contribution in [3.05, 3.63) is 179 Å². The molecule has 0 saturated carbocycles. The number of aromatic nitrogens is 6. The Balaban J connectivity index is 0.924. The highest BCUT2D eigenvalue weighted by atomic mass is 16.6. The Morgan fingerprint density at radius 1 is 0.500 bits per heavy atom. The Morgan fingerprint density at radius 3 is 1.22 bits per heavy atom. The smallest absolute Gasteiger partial charge is 0.410 e. The molecule has 8 heterocycles. The van der Waals surface area contributed by atoms with Crippen LogP contribution in [0.2, 0.25) is 0 Å². The van der Waals surface area contributed by atoms with Crippen LogP contribution in [0.3, 0.4) is 0 Å². The molecule has 14 rings (SSSR count). The third-order valence-electron chi connectivity index (χ3n) is 22.4. The van der Waals surface area contributed by atoms with Crippen LogP contribution in [0.5, 0.6) is 11.5 Å². The molecule has 10 amide bonds. The first-order valence-electron chi connectivity index (χ1n) is 41.6. The van der Waals surface area contributed by atoms with E-state index in [1.807, 2.05) is 78.9 Å². The average molecular weight is 1700 g/mol. The summed E-state index contributed by atoms with van der Waals surface area (Å²) in [5, 5.41) is 49.4. The first-order valence-corrected chi connectivity index (χ1v) is 41.6. The van der Waals surface area contributed by atoms with Crippen molar-refractivity contribution >= 4 is 92.7 Å². The molecule has 6 aromatic carbocycles. The van der Waals surface area contributed by atoms with Gasteiger partial charge in [0.05, 0.1) is 30.5 Å². The zero-order chi connectivity index (χ0) is 90.2. The van der Waals surface area contributed by atoms with E-state index in [1.54, 1.807) is 150 Å². The summed E-state index contributed by atoms with van der Waals surface area (Å²) < 4.78 is 26.6. The highest BCUT2D eigenvalue weighted by Gasteiger charge is 2.50. The van der Waals surface area contributed by atoms with E-state index >= 15 is 28.8 Å². The van der Waals surface area contributed by atoms with Crippen molar-refractivity contribution in [2.45, 2.75) is 239 Å². The molecule has 660 valence electrons. The number of carboxylic acids is 1. The Morgan fingerprint density at radius 2 is 0.863 bits per heavy atom. The van der Waals surface area contributed by atoms with Crippen molar-refractivity contribution in [1.29, 1.82) is 0 Å².